The van der Waals surface area contributed by atoms with Crippen LogP contribution < -0.4 is 20.9 Å². The summed E-state index contributed by atoms with van der Waals surface area (Å²) in [4.78, 5) is 40.6. The normalized spacial score (nSPS) is 10.8. The van der Waals surface area contributed by atoms with Crippen LogP contribution in [-0.2, 0) is 0 Å². The molecule has 16 heteroatoms. The van der Waals surface area contributed by atoms with Crippen LogP contribution in [0.1, 0.15) is 10.4 Å². The number of rotatable bonds is 8. The summed E-state index contributed by atoms with van der Waals surface area (Å²) < 4.78 is 40.6. The lowest BCUT2D eigenvalue weighted by atomic mass is 10.2. The predicted molar refractivity (Wildman–Crippen MR) is 109 cm³/mol. The minimum absolute atomic E-state index is 0.0991. The summed E-state index contributed by atoms with van der Waals surface area (Å²) in [6.45, 7) is 0. The number of hydrazine groups is 1. The van der Waals surface area contributed by atoms with E-state index in [0.29, 0.717) is 0 Å². The first-order valence-electron chi connectivity index (χ1n) is 8.96. The summed E-state index contributed by atoms with van der Waals surface area (Å²) in [5.74, 6) is -2.11. The quantitative estimate of drug-likeness (QED) is 0.319. The van der Waals surface area contributed by atoms with Crippen LogP contribution in [0, 0.1) is 20.2 Å². The van der Waals surface area contributed by atoms with Crippen molar-refractivity contribution in [2.45, 2.75) is 6.36 Å². The first-order valence-corrected chi connectivity index (χ1v) is 8.96. The van der Waals surface area contributed by atoms with E-state index in [0.717, 1.165) is 24.5 Å². The lowest BCUT2D eigenvalue weighted by molar-refractivity contribution is -0.384. The van der Waals surface area contributed by atoms with Crippen LogP contribution in [0.2, 0.25) is 0 Å². The standard InChI is InChI=1S/C18H12F3N7O6/c19-18(20,21)34-13-6-4-11(5-7-13)24-15-14(28(32)33)16(23-9-22-15)25-26-17(29)10-2-1-3-12(8-10)27(30)31/h1-9H,(H,26,29)(H2,22,23,24,25). The summed E-state index contributed by atoms with van der Waals surface area (Å²) in [6, 6.07) is 9.07. The maximum atomic E-state index is 12.3. The van der Waals surface area contributed by atoms with Crippen molar-refractivity contribution in [1.29, 1.82) is 0 Å². The number of non-ortho nitro benzene ring substituents is 1. The molecule has 0 bridgehead atoms. The van der Waals surface area contributed by atoms with Crippen molar-refractivity contribution in [2.75, 3.05) is 10.7 Å². The second kappa shape index (κ2) is 9.63. The van der Waals surface area contributed by atoms with Gasteiger partial charge in [0.05, 0.1) is 9.85 Å². The molecule has 0 aliphatic carbocycles. The Bertz CT molecular complexity index is 1240. The maximum absolute atomic E-state index is 12.3. The second-order valence-corrected chi connectivity index (χ2v) is 6.26. The van der Waals surface area contributed by atoms with Gasteiger partial charge in [0.15, 0.2) is 0 Å². The van der Waals surface area contributed by atoms with Gasteiger partial charge in [-0.25, -0.2) is 9.97 Å². The number of nitrogens with zero attached hydrogens (tertiary/aromatic N) is 4. The van der Waals surface area contributed by atoms with Crippen molar-refractivity contribution in [3.8, 4) is 5.75 Å². The summed E-state index contributed by atoms with van der Waals surface area (Å²) >= 11 is 0. The molecule has 3 rings (SSSR count). The molecule has 0 atom stereocenters. The fourth-order valence-corrected chi connectivity index (χ4v) is 2.56. The van der Waals surface area contributed by atoms with Gasteiger partial charge < -0.3 is 10.1 Å². The van der Waals surface area contributed by atoms with Crippen LogP contribution in [0.3, 0.4) is 0 Å². The molecule has 13 nitrogen and oxygen atoms in total. The van der Waals surface area contributed by atoms with Crippen molar-refractivity contribution in [2.24, 2.45) is 0 Å². The molecule has 1 aromatic heterocycles. The fourth-order valence-electron chi connectivity index (χ4n) is 2.56. The Balaban J connectivity index is 1.77. The van der Waals surface area contributed by atoms with Crippen LogP contribution in [0.15, 0.2) is 54.9 Å². The van der Waals surface area contributed by atoms with Crippen LogP contribution >= 0.6 is 0 Å². The first kappa shape index (κ1) is 23.6. The smallest absolute Gasteiger partial charge is 0.406 e. The van der Waals surface area contributed by atoms with Crippen molar-refractivity contribution in [3.63, 3.8) is 0 Å². The Kier molecular flexibility index (Phi) is 6.70. The second-order valence-electron chi connectivity index (χ2n) is 6.26. The lowest BCUT2D eigenvalue weighted by Crippen LogP contribution is -2.30. The molecule has 176 valence electrons. The Morgan fingerprint density at radius 1 is 0.971 bits per heavy atom. The third-order valence-electron chi connectivity index (χ3n) is 3.97. The van der Waals surface area contributed by atoms with Gasteiger partial charge in [0.2, 0.25) is 11.6 Å². The van der Waals surface area contributed by atoms with E-state index < -0.39 is 39.4 Å². The minimum Gasteiger partial charge on any atom is -0.406 e. The van der Waals surface area contributed by atoms with E-state index in [2.05, 4.69) is 30.9 Å². The van der Waals surface area contributed by atoms with E-state index in [1.807, 2.05) is 0 Å². The molecule has 0 spiro atoms. The summed E-state index contributed by atoms with van der Waals surface area (Å²) in [5.41, 5.74) is 3.41. The van der Waals surface area contributed by atoms with E-state index in [1.54, 1.807) is 0 Å². The first-order chi connectivity index (χ1) is 16.0. The van der Waals surface area contributed by atoms with Crippen molar-refractivity contribution in [3.05, 3.63) is 80.7 Å². The van der Waals surface area contributed by atoms with Gasteiger partial charge in [-0.3, -0.25) is 35.9 Å². The van der Waals surface area contributed by atoms with E-state index in [9.17, 15) is 38.2 Å². The molecule has 1 amide bonds. The average molecular weight is 479 g/mol. The SMILES string of the molecule is O=C(NNc1ncnc(Nc2ccc(OC(F)(F)F)cc2)c1[N+](=O)[O-])c1cccc([N+](=O)[O-])c1. The number of benzene rings is 2. The highest BCUT2D eigenvalue weighted by Gasteiger charge is 2.31. The molecule has 0 saturated carbocycles. The van der Waals surface area contributed by atoms with Crippen LogP contribution in [0.4, 0.5) is 41.9 Å². The maximum Gasteiger partial charge on any atom is 0.573 e. The van der Waals surface area contributed by atoms with E-state index in [4.69, 9.17) is 0 Å². The zero-order valence-corrected chi connectivity index (χ0v) is 16.6. The molecule has 0 unspecified atom stereocenters. The number of nitro groups is 2. The van der Waals surface area contributed by atoms with Gasteiger partial charge in [-0.15, -0.1) is 13.2 Å². The molecular weight excluding hydrogens is 467 g/mol. The molecule has 2 aromatic carbocycles. The highest BCUT2D eigenvalue weighted by Crippen LogP contribution is 2.32. The van der Waals surface area contributed by atoms with Gasteiger partial charge >= 0.3 is 12.0 Å². The number of carbonyl (C=O) groups excluding carboxylic acids is 1. The zero-order chi connectivity index (χ0) is 24.9. The van der Waals surface area contributed by atoms with E-state index >= 15 is 0 Å². The number of nitro benzene ring substituents is 1. The molecular formula is C18H12F3N7O6. The molecule has 0 radical (unpaired) electrons. The lowest BCUT2D eigenvalue weighted by Gasteiger charge is -2.12. The number of carbonyl (C=O) groups is 1. The number of hydrogen-bond donors (Lipinski definition) is 3. The Morgan fingerprint density at radius 2 is 1.65 bits per heavy atom. The monoisotopic (exact) mass is 479 g/mol. The molecule has 34 heavy (non-hydrogen) atoms. The number of hydrogen-bond acceptors (Lipinski definition) is 10. The van der Waals surface area contributed by atoms with Gasteiger partial charge in [0, 0.05) is 23.4 Å². The third kappa shape index (κ3) is 6.02. The van der Waals surface area contributed by atoms with Crippen molar-refractivity contribution < 1.29 is 32.5 Å². The van der Waals surface area contributed by atoms with E-state index in [1.165, 1.54) is 30.3 Å². The van der Waals surface area contributed by atoms with Gasteiger partial charge in [0.25, 0.3) is 11.6 Å². The largest absolute Gasteiger partial charge is 0.573 e. The minimum atomic E-state index is -4.88. The molecule has 3 N–H and O–H groups in total. The molecule has 0 aliphatic heterocycles. The number of nitrogens with one attached hydrogen (secondary N) is 3. The Hall–Kier alpha value is -5.02. The number of anilines is 3. The van der Waals surface area contributed by atoms with Gasteiger partial charge in [0.1, 0.15) is 12.1 Å². The predicted octanol–water partition coefficient (Wildman–Crippen LogP) is 3.69. The number of ether oxygens (including phenoxy) is 1. The average Bonchev–Trinajstić information content (AvgIpc) is 2.77. The molecule has 0 fully saturated rings. The molecule has 0 saturated heterocycles. The van der Waals surface area contributed by atoms with Gasteiger partial charge in [-0.1, -0.05) is 6.07 Å². The number of aromatic nitrogens is 2. The van der Waals surface area contributed by atoms with Crippen molar-refractivity contribution >= 4 is 34.6 Å². The van der Waals surface area contributed by atoms with Gasteiger partial charge in [-0.2, -0.15) is 0 Å². The molecule has 3 aromatic rings. The topological polar surface area (TPSA) is 174 Å². The Labute approximate surface area is 186 Å². The van der Waals surface area contributed by atoms with Crippen LogP contribution in [0.25, 0.3) is 0 Å². The summed E-state index contributed by atoms with van der Waals surface area (Å²) in [6.07, 6.45) is -3.95. The highest BCUT2D eigenvalue weighted by atomic mass is 19.4. The number of halogens is 3. The number of alkyl halides is 3. The van der Waals surface area contributed by atoms with E-state index in [-0.39, 0.29) is 22.8 Å². The number of amides is 1. The third-order valence-corrected chi connectivity index (χ3v) is 3.97. The van der Waals surface area contributed by atoms with Crippen LogP contribution in [0.5, 0.6) is 5.75 Å². The highest BCUT2D eigenvalue weighted by molar-refractivity contribution is 5.95. The van der Waals surface area contributed by atoms with Gasteiger partial charge in [-0.05, 0) is 30.3 Å². The molecule has 0 aliphatic rings. The summed E-state index contributed by atoms with van der Waals surface area (Å²) in [7, 11) is 0. The molecule has 1 heterocycles. The van der Waals surface area contributed by atoms with Crippen LogP contribution in [-0.4, -0.2) is 32.1 Å². The zero-order valence-electron chi connectivity index (χ0n) is 16.6. The Morgan fingerprint density at radius 3 is 2.26 bits per heavy atom. The summed E-state index contributed by atoms with van der Waals surface area (Å²) in [5, 5.41) is 25.0. The fraction of sp³-hybridized carbons (Fsp3) is 0.0556. The van der Waals surface area contributed by atoms with Crippen molar-refractivity contribution in [1.82, 2.24) is 15.4 Å².